The average Bonchev–Trinajstić information content (AvgIpc) is 2.67. The van der Waals surface area contributed by atoms with Crippen LogP contribution in [0.5, 0.6) is 0 Å². The lowest BCUT2D eigenvalue weighted by Gasteiger charge is -2.35. The molecule has 1 aromatic heterocycles. The van der Waals surface area contributed by atoms with Crippen molar-refractivity contribution in [3.05, 3.63) is 35.0 Å². The van der Waals surface area contributed by atoms with Gasteiger partial charge in [-0.1, -0.05) is 17.7 Å². The summed E-state index contributed by atoms with van der Waals surface area (Å²) in [6.45, 7) is 5.20. The average molecular weight is 449 g/mol. The molecule has 10 heteroatoms. The molecule has 0 aliphatic heterocycles. The molecule has 2 aromatic rings. The molecule has 3 atom stereocenters. The summed E-state index contributed by atoms with van der Waals surface area (Å²) in [5.74, 6) is -2.00. The molecule has 9 nitrogen and oxygen atoms in total. The maximum Gasteiger partial charge on any atom is 0.407 e. The molecule has 1 aliphatic rings. The Morgan fingerprint density at radius 2 is 1.84 bits per heavy atom. The van der Waals surface area contributed by atoms with Gasteiger partial charge in [-0.15, -0.1) is 10.2 Å². The summed E-state index contributed by atoms with van der Waals surface area (Å²) in [4.78, 5) is 36.5. The lowest BCUT2D eigenvalue weighted by atomic mass is 9.82. The van der Waals surface area contributed by atoms with Crippen molar-refractivity contribution in [2.75, 3.05) is 0 Å². The van der Waals surface area contributed by atoms with Crippen LogP contribution in [0.1, 0.15) is 50.5 Å². The zero-order chi connectivity index (χ0) is 22.8. The Bertz CT molecular complexity index is 1010. The van der Waals surface area contributed by atoms with Crippen molar-refractivity contribution >= 4 is 40.5 Å². The fraction of sp³-hybridized carbons (Fsp3) is 0.476. The summed E-state index contributed by atoms with van der Waals surface area (Å²) in [6.07, 6.45) is 0.292. The molecular formula is C21H25ClN4O5. The molecule has 1 aromatic carbocycles. The van der Waals surface area contributed by atoms with Gasteiger partial charge in [-0.2, -0.15) is 0 Å². The molecule has 3 N–H and O–H groups in total. The molecule has 0 unspecified atom stereocenters. The fourth-order valence-electron chi connectivity index (χ4n) is 3.55. The van der Waals surface area contributed by atoms with E-state index in [9.17, 15) is 19.5 Å². The number of aliphatic carboxylic acids is 1. The van der Waals surface area contributed by atoms with Crippen molar-refractivity contribution in [3.63, 3.8) is 0 Å². The lowest BCUT2D eigenvalue weighted by Crippen LogP contribution is -2.56. The largest absolute Gasteiger partial charge is 0.481 e. The van der Waals surface area contributed by atoms with Crippen LogP contribution < -0.4 is 10.6 Å². The first-order chi connectivity index (χ1) is 14.5. The number of ether oxygens (including phenoxy) is 1. The zero-order valence-electron chi connectivity index (χ0n) is 17.5. The minimum absolute atomic E-state index is 0.117. The van der Waals surface area contributed by atoms with E-state index in [0.717, 1.165) is 0 Å². The van der Waals surface area contributed by atoms with Gasteiger partial charge in [0.25, 0.3) is 5.91 Å². The van der Waals surface area contributed by atoms with Gasteiger partial charge < -0.3 is 20.5 Å². The number of carbonyl (C=O) groups is 3. The Morgan fingerprint density at radius 1 is 1.10 bits per heavy atom. The second-order valence-electron chi connectivity index (χ2n) is 8.61. The Labute approximate surface area is 184 Å². The van der Waals surface area contributed by atoms with Crippen molar-refractivity contribution in [2.24, 2.45) is 5.92 Å². The molecule has 166 valence electrons. The van der Waals surface area contributed by atoms with Gasteiger partial charge in [0.05, 0.1) is 17.5 Å². The topological polar surface area (TPSA) is 131 Å². The molecule has 1 aliphatic carbocycles. The molecule has 1 fully saturated rings. The van der Waals surface area contributed by atoms with E-state index in [4.69, 9.17) is 16.3 Å². The summed E-state index contributed by atoms with van der Waals surface area (Å²) < 4.78 is 5.29. The van der Waals surface area contributed by atoms with Gasteiger partial charge in [0.15, 0.2) is 5.69 Å². The van der Waals surface area contributed by atoms with Gasteiger partial charge in [-0.3, -0.25) is 9.59 Å². The normalized spacial score (nSPS) is 21.4. The van der Waals surface area contributed by atoms with Crippen LogP contribution in [0.25, 0.3) is 10.9 Å². The number of nitrogens with zero attached hydrogens (tertiary/aromatic N) is 2. The Hall–Kier alpha value is -2.94. The maximum atomic E-state index is 12.8. The van der Waals surface area contributed by atoms with Gasteiger partial charge in [0.1, 0.15) is 5.60 Å². The summed E-state index contributed by atoms with van der Waals surface area (Å²) in [6, 6.07) is 5.63. The second-order valence-corrected chi connectivity index (χ2v) is 9.05. The van der Waals surface area contributed by atoms with Crippen molar-refractivity contribution < 1.29 is 24.2 Å². The highest BCUT2D eigenvalue weighted by Crippen LogP contribution is 2.26. The van der Waals surface area contributed by atoms with E-state index in [1.807, 2.05) is 0 Å². The van der Waals surface area contributed by atoms with Crippen LogP contribution in [0.15, 0.2) is 24.3 Å². The number of nitrogens with one attached hydrogen (secondary N) is 2. The van der Waals surface area contributed by atoms with Gasteiger partial charge in [-0.25, -0.2) is 4.79 Å². The van der Waals surface area contributed by atoms with Gasteiger partial charge in [0.2, 0.25) is 0 Å². The Morgan fingerprint density at radius 3 is 2.52 bits per heavy atom. The summed E-state index contributed by atoms with van der Waals surface area (Å²) >= 11 is 5.95. The highest BCUT2D eigenvalue weighted by Gasteiger charge is 2.36. The first-order valence-corrected chi connectivity index (χ1v) is 10.4. The smallest absolute Gasteiger partial charge is 0.407 e. The van der Waals surface area contributed by atoms with Crippen LogP contribution in [0.3, 0.4) is 0 Å². The number of amides is 2. The Kier molecular flexibility index (Phi) is 6.64. The number of carbonyl (C=O) groups excluding carboxylic acids is 2. The van der Waals surface area contributed by atoms with Gasteiger partial charge in [-0.05, 0) is 58.2 Å². The van der Waals surface area contributed by atoms with Crippen LogP contribution in [0, 0.1) is 5.92 Å². The number of hydrogen-bond donors (Lipinski definition) is 3. The standard InChI is InChI=1S/C21H25ClN4O5/c1-21(2,3)31-20(30)24-16-9-12(19(28)29)5-7-14(16)23-18(27)17-8-11-4-6-13(22)10-15(11)25-26-17/h4,6,8,10,12,14,16H,5,7,9H2,1-3H3,(H,23,27)(H,24,30)(H,28,29)/t12-,14-,16+/m0/s1. The predicted molar refractivity (Wildman–Crippen MR) is 114 cm³/mol. The number of hydrogen-bond acceptors (Lipinski definition) is 6. The molecule has 1 heterocycles. The number of rotatable bonds is 4. The minimum atomic E-state index is -0.931. The molecule has 31 heavy (non-hydrogen) atoms. The predicted octanol–water partition coefficient (Wildman–Crippen LogP) is 3.16. The molecule has 1 saturated carbocycles. The number of carboxylic acids is 1. The number of benzene rings is 1. The molecule has 0 saturated heterocycles. The number of carboxylic acid groups (broad SMARTS) is 1. The molecule has 3 rings (SSSR count). The quantitative estimate of drug-likeness (QED) is 0.654. The van der Waals surface area contributed by atoms with E-state index < -0.39 is 41.6 Å². The monoisotopic (exact) mass is 448 g/mol. The zero-order valence-corrected chi connectivity index (χ0v) is 18.3. The SMILES string of the molecule is CC(C)(C)OC(=O)N[C@@H]1C[C@@H](C(=O)O)CC[C@@H]1NC(=O)c1cc2ccc(Cl)cc2nn1. The van der Waals surface area contributed by atoms with Crippen molar-refractivity contribution in [1.29, 1.82) is 0 Å². The number of halogens is 1. The fourth-order valence-corrected chi connectivity index (χ4v) is 3.72. The van der Waals surface area contributed by atoms with Crippen LogP contribution in [0.4, 0.5) is 4.79 Å². The molecular weight excluding hydrogens is 424 g/mol. The van der Waals surface area contributed by atoms with E-state index in [-0.39, 0.29) is 12.1 Å². The van der Waals surface area contributed by atoms with Crippen molar-refractivity contribution in [3.8, 4) is 0 Å². The molecule has 0 spiro atoms. The van der Waals surface area contributed by atoms with Crippen LogP contribution in [-0.2, 0) is 9.53 Å². The van der Waals surface area contributed by atoms with Crippen molar-refractivity contribution in [1.82, 2.24) is 20.8 Å². The third kappa shape index (κ3) is 6.04. The lowest BCUT2D eigenvalue weighted by molar-refractivity contribution is -0.143. The van der Waals surface area contributed by atoms with Crippen LogP contribution in [-0.4, -0.2) is 51.0 Å². The van der Waals surface area contributed by atoms with Gasteiger partial charge >= 0.3 is 12.1 Å². The van der Waals surface area contributed by atoms with E-state index in [1.165, 1.54) is 0 Å². The van der Waals surface area contributed by atoms with Gasteiger partial charge in [0, 0.05) is 16.5 Å². The number of fused-ring (bicyclic) bond motifs is 1. The minimum Gasteiger partial charge on any atom is -0.481 e. The first-order valence-electron chi connectivity index (χ1n) is 9.98. The number of aromatic nitrogens is 2. The first kappa shape index (κ1) is 22.7. The maximum absolute atomic E-state index is 12.8. The summed E-state index contributed by atoms with van der Waals surface area (Å²) in [5, 5.41) is 24.2. The van der Waals surface area contributed by atoms with E-state index in [0.29, 0.717) is 28.8 Å². The number of alkyl carbamates (subject to hydrolysis) is 1. The summed E-state index contributed by atoms with van der Waals surface area (Å²) in [5.41, 5.74) is -0.0190. The third-order valence-electron chi connectivity index (χ3n) is 5.00. The molecule has 0 bridgehead atoms. The molecule has 2 amide bonds. The molecule has 0 radical (unpaired) electrons. The highest BCUT2D eigenvalue weighted by atomic mass is 35.5. The summed E-state index contributed by atoms with van der Waals surface area (Å²) in [7, 11) is 0. The van der Waals surface area contributed by atoms with Crippen LogP contribution in [0.2, 0.25) is 5.02 Å². The Balaban J connectivity index is 1.74. The third-order valence-corrected chi connectivity index (χ3v) is 5.24. The highest BCUT2D eigenvalue weighted by molar-refractivity contribution is 6.31. The van der Waals surface area contributed by atoms with Crippen molar-refractivity contribution in [2.45, 2.75) is 57.7 Å². The second kappa shape index (κ2) is 9.05. The van der Waals surface area contributed by atoms with E-state index in [2.05, 4.69) is 20.8 Å². The van der Waals surface area contributed by atoms with E-state index >= 15 is 0 Å². The van der Waals surface area contributed by atoms with Crippen LogP contribution >= 0.6 is 11.6 Å². The van der Waals surface area contributed by atoms with E-state index in [1.54, 1.807) is 45.0 Å².